The second-order valence-corrected chi connectivity index (χ2v) is 5.59. The van der Waals surface area contributed by atoms with Crippen molar-refractivity contribution in [3.8, 4) is 0 Å². The molecule has 1 aromatic rings. The van der Waals surface area contributed by atoms with E-state index in [1.165, 1.54) is 12.8 Å². The molecule has 1 aliphatic rings. The van der Waals surface area contributed by atoms with E-state index in [-0.39, 0.29) is 6.61 Å². The number of aliphatic hydroxyl groups is 1. The van der Waals surface area contributed by atoms with Crippen LogP contribution in [0.15, 0.2) is 22.7 Å². The molecule has 18 heavy (non-hydrogen) atoms. The molecule has 1 saturated carbocycles. The summed E-state index contributed by atoms with van der Waals surface area (Å²) in [6, 6.07) is 6.20. The molecule has 0 atom stereocenters. The van der Waals surface area contributed by atoms with Crippen molar-refractivity contribution in [2.45, 2.75) is 31.7 Å². The number of benzene rings is 1. The minimum atomic E-state index is 0.116. The molecule has 2 rings (SSSR count). The number of aliphatic hydroxyl groups excluding tert-OH is 1. The predicted molar refractivity (Wildman–Crippen MR) is 76.2 cm³/mol. The van der Waals surface area contributed by atoms with Crippen LogP contribution in [0.5, 0.6) is 0 Å². The van der Waals surface area contributed by atoms with Gasteiger partial charge in [0.25, 0.3) is 0 Å². The van der Waals surface area contributed by atoms with Crippen LogP contribution in [0, 0.1) is 0 Å². The molecule has 0 spiro atoms. The van der Waals surface area contributed by atoms with Gasteiger partial charge in [-0.2, -0.15) is 0 Å². The van der Waals surface area contributed by atoms with Gasteiger partial charge in [-0.1, -0.05) is 28.8 Å². The molecule has 0 aromatic heterocycles. The van der Waals surface area contributed by atoms with Crippen LogP contribution in [0.25, 0.3) is 0 Å². The Hall–Kier alpha value is -0.870. The van der Waals surface area contributed by atoms with Gasteiger partial charge >= 0.3 is 0 Å². The third-order valence-corrected chi connectivity index (χ3v) is 4.03. The number of nitrogens with zero attached hydrogens (tertiary/aromatic N) is 1. The molecule has 0 amide bonds. The zero-order valence-corrected chi connectivity index (χ0v) is 11.9. The normalized spacial score (nSPS) is 15.9. The number of halogens is 1. The first kappa shape index (κ1) is 13.6. The highest BCUT2D eigenvalue weighted by Gasteiger charge is 2.24. The average Bonchev–Trinajstić information content (AvgIpc) is 2.90. The van der Waals surface area contributed by atoms with Gasteiger partial charge in [0.1, 0.15) is 0 Å². The van der Waals surface area contributed by atoms with Crippen molar-refractivity contribution in [2.75, 3.05) is 18.1 Å². The molecule has 1 aliphatic carbocycles. The Morgan fingerprint density at radius 3 is 2.72 bits per heavy atom. The molecule has 0 aliphatic heterocycles. The van der Waals surface area contributed by atoms with Crippen molar-refractivity contribution in [3.63, 3.8) is 0 Å². The molecular weight excluding hydrogens is 294 g/mol. The third-order valence-electron chi connectivity index (χ3n) is 3.53. The van der Waals surface area contributed by atoms with E-state index in [9.17, 15) is 9.90 Å². The van der Waals surface area contributed by atoms with E-state index < -0.39 is 0 Å². The SMILES string of the molecule is O=Cc1cc(Br)ccc1N(CCO)C1CCCC1. The highest BCUT2D eigenvalue weighted by molar-refractivity contribution is 9.10. The van der Waals surface area contributed by atoms with Crippen LogP contribution in [0.3, 0.4) is 0 Å². The van der Waals surface area contributed by atoms with Crippen LogP contribution in [0.1, 0.15) is 36.0 Å². The van der Waals surface area contributed by atoms with Gasteiger partial charge in [-0.25, -0.2) is 0 Å². The molecule has 1 N–H and O–H groups in total. The molecule has 0 radical (unpaired) electrons. The van der Waals surface area contributed by atoms with Gasteiger partial charge in [0.15, 0.2) is 6.29 Å². The highest BCUT2D eigenvalue weighted by Crippen LogP contribution is 2.31. The van der Waals surface area contributed by atoms with Crippen molar-refractivity contribution < 1.29 is 9.90 Å². The molecule has 0 heterocycles. The summed E-state index contributed by atoms with van der Waals surface area (Å²) >= 11 is 3.38. The summed E-state index contributed by atoms with van der Waals surface area (Å²) < 4.78 is 0.906. The number of hydrogen-bond donors (Lipinski definition) is 1. The minimum absolute atomic E-state index is 0.116. The van der Waals surface area contributed by atoms with Crippen molar-refractivity contribution in [1.29, 1.82) is 0 Å². The molecule has 3 nitrogen and oxygen atoms in total. The summed E-state index contributed by atoms with van der Waals surface area (Å²) in [7, 11) is 0. The standard InChI is InChI=1S/C14H18BrNO2/c15-12-5-6-14(11(9-12)10-18)16(7-8-17)13-3-1-2-4-13/h5-6,9-10,13,17H,1-4,7-8H2. The lowest BCUT2D eigenvalue weighted by atomic mass is 10.1. The Balaban J connectivity index is 2.31. The lowest BCUT2D eigenvalue weighted by molar-refractivity contribution is 0.112. The van der Waals surface area contributed by atoms with Crippen LogP contribution in [-0.4, -0.2) is 30.6 Å². The topological polar surface area (TPSA) is 40.5 Å². The average molecular weight is 312 g/mol. The van der Waals surface area contributed by atoms with Gasteiger partial charge in [0.2, 0.25) is 0 Å². The zero-order chi connectivity index (χ0) is 13.0. The maximum atomic E-state index is 11.2. The fraction of sp³-hybridized carbons (Fsp3) is 0.500. The first-order chi connectivity index (χ1) is 8.76. The lowest BCUT2D eigenvalue weighted by Gasteiger charge is -2.31. The summed E-state index contributed by atoms with van der Waals surface area (Å²) in [5.41, 5.74) is 1.62. The highest BCUT2D eigenvalue weighted by atomic mass is 79.9. The maximum absolute atomic E-state index is 11.2. The number of carbonyl (C=O) groups excluding carboxylic acids is 1. The van der Waals surface area contributed by atoms with E-state index in [0.717, 1.165) is 29.3 Å². The largest absolute Gasteiger partial charge is 0.395 e. The molecule has 4 heteroatoms. The van der Waals surface area contributed by atoms with E-state index in [4.69, 9.17) is 0 Å². The number of aldehydes is 1. The van der Waals surface area contributed by atoms with Crippen LogP contribution >= 0.6 is 15.9 Å². The van der Waals surface area contributed by atoms with Crippen molar-refractivity contribution in [1.82, 2.24) is 0 Å². The van der Waals surface area contributed by atoms with Gasteiger partial charge in [-0.05, 0) is 31.0 Å². The molecule has 1 aromatic carbocycles. The maximum Gasteiger partial charge on any atom is 0.152 e. The summed E-state index contributed by atoms with van der Waals surface area (Å²) in [6.07, 6.45) is 5.65. The Morgan fingerprint density at radius 2 is 2.11 bits per heavy atom. The van der Waals surface area contributed by atoms with Gasteiger partial charge in [-0.3, -0.25) is 4.79 Å². The van der Waals surface area contributed by atoms with E-state index in [0.29, 0.717) is 18.2 Å². The molecule has 0 saturated heterocycles. The predicted octanol–water partition coefficient (Wildman–Crippen LogP) is 3.00. The third kappa shape index (κ3) is 2.93. The molecule has 0 bridgehead atoms. The second kappa shape index (κ2) is 6.34. The van der Waals surface area contributed by atoms with E-state index in [2.05, 4.69) is 20.8 Å². The summed E-state index contributed by atoms with van der Waals surface area (Å²) in [6.45, 7) is 0.706. The van der Waals surface area contributed by atoms with Crippen LogP contribution in [0.2, 0.25) is 0 Å². The first-order valence-electron chi connectivity index (χ1n) is 6.38. The van der Waals surface area contributed by atoms with Gasteiger partial charge in [0.05, 0.1) is 6.61 Å². The first-order valence-corrected chi connectivity index (χ1v) is 7.18. The smallest absolute Gasteiger partial charge is 0.152 e. The summed E-state index contributed by atoms with van der Waals surface area (Å²) in [5.74, 6) is 0. The Labute approximate surface area is 116 Å². The number of rotatable bonds is 5. The zero-order valence-electron chi connectivity index (χ0n) is 10.3. The number of carbonyl (C=O) groups is 1. The van der Waals surface area contributed by atoms with Crippen molar-refractivity contribution in [3.05, 3.63) is 28.2 Å². The van der Waals surface area contributed by atoms with Crippen LogP contribution < -0.4 is 4.90 Å². The van der Waals surface area contributed by atoms with Crippen molar-refractivity contribution in [2.24, 2.45) is 0 Å². The van der Waals surface area contributed by atoms with Gasteiger partial charge in [-0.15, -0.1) is 0 Å². The quantitative estimate of drug-likeness (QED) is 0.850. The fourth-order valence-corrected chi connectivity index (χ4v) is 3.08. The van der Waals surface area contributed by atoms with Gasteiger partial charge < -0.3 is 10.0 Å². The summed E-state index contributed by atoms with van der Waals surface area (Å²) in [4.78, 5) is 13.4. The number of anilines is 1. The van der Waals surface area contributed by atoms with Crippen LogP contribution in [-0.2, 0) is 0 Å². The fourth-order valence-electron chi connectivity index (χ4n) is 2.70. The monoisotopic (exact) mass is 311 g/mol. The van der Waals surface area contributed by atoms with Crippen LogP contribution in [0.4, 0.5) is 5.69 Å². The van der Waals surface area contributed by atoms with Gasteiger partial charge in [0, 0.05) is 28.3 Å². The lowest BCUT2D eigenvalue weighted by Crippen LogP contribution is -2.36. The molecule has 98 valence electrons. The van der Waals surface area contributed by atoms with E-state index in [1.54, 1.807) is 0 Å². The minimum Gasteiger partial charge on any atom is -0.395 e. The van der Waals surface area contributed by atoms with Crippen molar-refractivity contribution >= 4 is 27.9 Å². The molecule has 0 unspecified atom stereocenters. The molecule has 1 fully saturated rings. The summed E-state index contributed by atoms with van der Waals surface area (Å²) in [5, 5.41) is 9.24. The Bertz CT molecular complexity index is 416. The Kier molecular flexibility index (Phi) is 4.78. The number of hydrogen-bond acceptors (Lipinski definition) is 3. The Morgan fingerprint density at radius 1 is 1.39 bits per heavy atom. The van der Waals surface area contributed by atoms with E-state index >= 15 is 0 Å². The second-order valence-electron chi connectivity index (χ2n) is 4.68. The van der Waals surface area contributed by atoms with E-state index in [1.807, 2.05) is 18.2 Å². The molecular formula is C14H18BrNO2.